The van der Waals surface area contributed by atoms with Crippen molar-refractivity contribution in [3.8, 4) is 11.8 Å². The molecule has 1 atom stereocenters. The summed E-state index contributed by atoms with van der Waals surface area (Å²) >= 11 is 0. The van der Waals surface area contributed by atoms with Gasteiger partial charge in [-0.05, 0) is 37.3 Å². The molecule has 0 radical (unpaired) electrons. The summed E-state index contributed by atoms with van der Waals surface area (Å²) < 4.78 is 31.5. The molecule has 0 spiro atoms. The lowest BCUT2D eigenvalue weighted by Gasteiger charge is -2.34. The van der Waals surface area contributed by atoms with E-state index >= 15 is 0 Å². The number of nitrogens with zero attached hydrogens (tertiary/aromatic N) is 4. The van der Waals surface area contributed by atoms with Crippen LogP contribution < -0.4 is 10.2 Å². The third-order valence-electron chi connectivity index (χ3n) is 6.41. The lowest BCUT2D eigenvalue weighted by molar-refractivity contribution is 0.0428. The molecular formula is C28H21F2N5O3. The number of benzene rings is 3. The predicted octanol–water partition coefficient (Wildman–Crippen LogP) is 4.90. The number of phenols is 1. The number of nitriles is 1. The number of anilines is 2. The van der Waals surface area contributed by atoms with Crippen molar-refractivity contribution >= 4 is 23.2 Å². The number of alkyl halides is 2. The van der Waals surface area contributed by atoms with Crippen molar-refractivity contribution in [2.75, 3.05) is 10.2 Å². The predicted molar refractivity (Wildman–Crippen MR) is 135 cm³/mol. The summed E-state index contributed by atoms with van der Waals surface area (Å²) in [4.78, 5) is 27.9. The zero-order valence-electron chi connectivity index (χ0n) is 20.1. The largest absolute Gasteiger partial charge is 0.507 e. The third-order valence-corrected chi connectivity index (χ3v) is 6.41. The Morgan fingerprint density at radius 3 is 2.47 bits per heavy atom. The highest BCUT2D eigenvalue weighted by molar-refractivity contribution is 6.13. The first-order chi connectivity index (χ1) is 18.2. The van der Waals surface area contributed by atoms with Crippen LogP contribution in [0.25, 0.3) is 0 Å². The molecule has 10 heteroatoms. The molecule has 0 saturated heterocycles. The molecule has 5 rings (SSSR count). The summed E-state index contributed by atoms with van der Waals surface area (Å²) in [6.07, 6.45) is 1.36. The number of hydrogen-bond acceptors (Lipinski definition) is 5. The number of amides is 2. The van der Waals surface area contributed by atoms with Crippen LogP contribution in [0.2, 0.25) is 0 Å². The lowest BCUT2D eigenvalue weighted by atomic mass is 9.99. The minimum absolute atomic E-state index is 0.0629. The number of phenolic OH excluding ortho intramolecular Hbond substituents is 1. The summed E-state index contributed by atoms with van der Waals surface area (Å²) in [6.45, 7) is 2.13. The minimum atomic E-state index is -3.20. The van der Waals surface area contributed by atoms with E-state index in [2.05, 4.69) is 10.4 Å². The van der Waals surface area contributed by atoms with E-state index in [1.165, 1.54) is 70.4 Å². The summed E-state index contributed by atoms with van der Waals surface area (Å²) in [7, 11) is 0. The van der Waals surface area contributed by atoms with Gasteiger partial charge in [-0.3, -0.25) is 14.3 Å². The number of fused-ring (bicyclic) bond motifs is 1. The Kier molecular flexibility index (Phi) is 6.12. The molecular weight excluding hydrogens is 492 g/mol. The Bertz CT molecular complexity index is 1580. The number of aromatic nitrogens is 2. The van der Waals surface area contributed by atoms with Gasteiger partial charge in [0.2, 0.25) is 0 Å². The average molecular weight is 514 g/mol. The van der Waals surface area contributed by atoms with Crippen molar-refractivity contribution in [3.63, 3.8) is 0 Å². The number of carbonyl (C=O) groups is 2. The van der Waals surface area contributed by atoms with E-state index < -0.39 is 17.7 Å². The smallest absolute Gasteiger partial charge is 0.298 e. The van der Waals surface area contributed by atoms with Gasteiger partial charge in [0.1, 0.15) is 17.5 Å². The van der Waals surface area contributed by atoms with Crippen LogP contribution in [0.4, 0.5) is 20.2 Å². The van der Waals surface area contributed by atoms with E-state index in [4.69, 9.17) is 5.26 Å². The maximum atomic E-state index is 15.0. The molecule has 2 N–H and O–H groups in total. The Labute approximate surface area is 216 Å². The second kappa shape index (κ2) is 9.44. The second-order valence-electron chi connectivity index (χ2n) is 8.90. The zero-order chi connectivity index (χ0) is 27.0. The van der Waals surface area contributed by atoms with Crippen LogP contribution in [0.1, 0.15) is 44.5 Å². The Balaban J connectivity index is 1.41. The number of rotatable bonds is 5. The van der Waals surface area contributed by atoms with Crippen LogP contribution in [-0.4, -0.2) is 32.7 Å². The maximum Gasteiger partial charge on any atom is 0.298 e. The molecule has 3 aromatic carbocycles. The molecule has 0 aliphatic carbocycles. The monoisotopic (exact) mass is 513 g/mol. The average Bonchev–Trinajstić information content (AvgIpc) is 3.32. The van der Waals surface area contributed by atoms with Gasteiger partial charge in [-0.25, -0.2) is 0 Å². The maximum absolute atomic E-state index is 15.0. The van der Waals surface area contributed by atoms with Crippen LogP contribution in [0.15, 0.2) is 79.0 Å². The lowest BCUT2D eigenvalue weighted by Crippen LogP contribution is -2.47. The van der Waals surface area contributed by atoms with Crippen molar-refractivity contribution < 1.29 is 23.5 Å². The Hall–Kier alpha value is -5.04. The van der Waals surface area contributed by atoms with Crippen LogP contribution in [0.3, 0.4) is 0 Å². The topological polar surface area (TPSA) is 111 Å². The molecule has 1 unspecified atom stereocenters. The van der Waals surface area contributed by atoms with Gasteiger partial charge in [-0.15, -0.1) is 0 Å². The first-order valence-electron chi connectivity index (χ1n) is 11.7. The van der Waals surface area contributed by atoms with Crippen LogP contribution in [0, 0.1) is 11.3 Å². The normalized spacial score (nSPS) is 15.1. The molecule has 1 aliphatic rings. The van der Waals surface area contributed by atoms with Gasteiger partial charge in [0.25, 0.3) is 17.7 Å². The van der Waals surface area contributed by atoms with Crippen LogP contribution in [0.5, 0.6) is 5.75 Å². The number of hydrogen-bond donors (Lipinski definition) is 2. The molecule has 1 aromatic heterocycles. The second-order valence-corrected chi connectivity index (χ2v) is 8.90. The Morgan fingerprint density at radius 1 is 1.11 bits per heavy atom. The van der Waals surface area contributed by atoms with Crippen LogP contribution in [-0.2, 0) is 12.5 Å². The van der Waals surface area contributed by atoms with E-state index in [1.807, 2.05) is 6.92 Å². The van der Waals surface area contributed by atoms with E-state index in [0.29, 0.717) is 12.2 Å². The fraction of sp³-hybridized carbons (Fsp3) is 0.143. The number of nitrogens with one attached hydrogen (secondary N) is 1. The zero-order valence-corrected chi connectivity index (χ0v) is 20.1. The van der Waals surface area contributed by atoms with Crippen molar-refractivity contribution in [1.29, 1.82) is 5.26 Å². The molecule has 0 fully saturated rings. The number of aromatic hydroxyl groups is 1. The number of halogens is 2. The van der Waals surface area contributed by atoms with Gasteiger partial charge in [0.15, 0.2) is 0 Å². The SMILES string of the molecule is CC1Cn2ncc(NC(=O)c3ccc(O)c(C#N)c3)c2C(=O)N1c1ccc(C(F)(F)c2ccccc2)cc1. The van der Waals surface area contributed by atoms with Gasteiger partial charge < -0.3 is 15.3 Å². The van der Waals surface area contributed by atoms with Gasteiger partial charge in [-0.1, -0.05) is 42.5 Å². The van der Waals surface area contributed by atoms with E-state index in [0.717, 1.165) is 0 Å². The summed E-state index contributed by atoms with van der Waals surface area (Å²) in [6, 6.07) is 18.3. The number of carbonyl (C=O) groups excluding carboxylic acids is 2. The molecule has 8 nitrogen and oxygen atoms in total. The summed E-state index contributed by atoms with van der Waals surface area (Å²) in [5.41, 5.74) is 0.445. The highest BCUT2D eigenvalue weighted by Crippen LogP contribution is 2.37. The first-order valence-corrected chi connectivity index (χ1v) is 11.7. The molecule has 0 saturated carbocycles. The molecule has 2 amide bonds. The van der Waals surface area contributed by atoms with Gasteiger partial charge in [-0.2, -0.15) is 19.1 Å². The van der Waals surface area contributed by atoms with Crippen LogP contribution >= 0.6 is 0 Å². The van der Waals surface area contributed by atoms with Gasteiger partial charge >= 0.3 is 0 Å². The molecule has 2 heterocycles. The van der Waals surface area contributed by atoms with E-state index in [-0.39, 0.29) is 45.4 Å². The third kappa shape index (κ3) is 4.24. The highest BCUT2D eigenvalue weighted by Gasteiger charge is 2.37. The van der Waals surface area contributed by atoms with Gasteiger partial charge in [0.05, 0.1) is 30.0 Å². The molecule has 1 aliphatic heterocycles. The minimum Gasteiger partial charge on any atom is -0.507 e. The van der Waals surface area contributed by atoms with Crippen molar-refractivity contribution in [2.45, 2.75) is 25.4 Å². The first kappa shape index (κ1) is 24.6. The van der Waals surface area contributed by atoms with Gasteiger partial charge in [0, 0.05) is 22.4 Å². The highest BCUT2D eigenvalue weighted by atomic mass is 19.3. The van der Waals surface area contributed by atoms with Crippen molar-refractivity contribution in [1.82, 2.24) is 9.78 Å². The fourth-order valence-electron chi connectivity index (χ4n) is 4.47. The van der Waals surface area contributed by atoms with Crippen molar-refractivity contribution in [2.24, 2.45) is 0 Å². The summed E-state index contributed by atoms with van der Waals surface area (Å²) in [5, 5.41) is 25.7. The molecule has 190 valence electrons. The quantitative estimate of drug-likeness (QED) is 0.394. The van der Waals surface area contributed by atoms with E-state index in [1.54, 1.807) is 24.3 Å². The molecule has 38 heavy (non-hydrogen) atoms. The molecule has 4 aromatic rings. The standard InChI is InChI=1S/C28H21F2N5O3/c1-17-16-34-25(23(15-32-34)33-26(37)18-7-12-24(36)19(13-18)14-31)27(38)35(17)22-10-8-21(9-11-22)28(29,30)20-5-3-2-4-6-20/h2-13,15,17,36H,16H2,1H3,(H,33,37). The van der Waals surface area contributed by atoms with Crippen molar-refractivity contribution in [3.05, 3.63) is 107 Å². The Morgan fingerprint density at radius 2 is 1.79 bits per heavy atom. The summed E-state index contributed by atoms with van der Waals surface area (Å²) in [5.74, 6) is -4.50. The molecule has 0 bridgehead atoms. The fourth-order valence-corrected chi connectivity index (χ4v) is 4.47. The van der Waals surface area contributed by atoms with E-state index in [9.17, 15) is 23.5 Å².